The van der Waals surface area contributed by atoms with Crippen LogP contribution in [-0.4, -0.2) is 10.2 Å². The van der Waals surface area contributed by atoms with Gasteiger partial charge in [-0.1, -0.05) is 0 Å². The largest absolute Gasteiger partial charge is 0.271 e. The van der Waals surface area contributed by atoms with Gasteiger partial charge in [0.2, 0.25) is 0 Å². The Kier molecular flexibility index (Phi) is 2.14. The van der Waals surface area contributed by atoms with Crippen molar-refractivity contribution < 1.29 is 4.39 Å². The fourth-order valence-corrected chi connectivity index (χ4v) is 1.37. The van der Waals surface area contributed by atoms with E-state index in [2.05, 4.69) is 26.1 Å². The lowest BCUT2D eigenvalue weighted by atomic mass is 10.1. The number of aromatic amines is 1. The van der Waals surface area contributed by atoms with Gasteiger partial charge in [0.05, 0.1) is 5.69 Å². The van der Waals surface area contributed by atoms with Crippen molar-refractivity contribution in [3.8, 4) is 11.3 Å². The number of halogens is 2. The van der Waals surface area contributed by atoms with Crippen molar-refractivity contribution in [2.45, 2.75) is 0 Å². The fraction of sp³-hybridized carbons (Fsp3) is 0. The second-order valence-corrected chi connectivity index (χ2v) is 3.46. The Bertz CT molecular complexity index is 408. The first-order valence-corrected chi connectivity index (χ1v) is 4.52. The highest BCUT2D eigenvalue weighted by atomic mass is 79.9. The van der Waals surface area contributed by atoms with Gasteiger partial charge in [0.15, 0.2) is 0 Å². The summed E-state index contributed by atoms with van der Waals surface area (Å²) in [5, 5.41) is 6.78. The molecule has 0 spiro atoms. The second-order valence-electron chi connectivity index (χ2n) is 2.61. The Morgan fingerprint density at radius 1 is 1.23 bits per heavy atom. The van der Waals surface area contributed by atoms with Crippen molar-refractivity contribution in [1.29, 1.82) is 0 Å². The first kappa shape index (κ1) is 8.44. The van der Waals surface area contributed by atoms with Gasteiger partial charge in [-0.15, -0.1) is 0 Å². The van der Waals surface area contributed by atoms with Crippen molar-refractivity contribution in [3.05, 3.63) is 40.8 Å². The number of rotatable bonds is 1. The summed E-state index contributed by atoms with van der Waals surface area (Å²) in [4.78, 5) is 0. The molecule has 2 aromatic rings. The quantitative estimate of drug-likeness (QED) is 0.816. The highest BCUT2D eigenvalue weighted by Crippen LogP contribution is 2.19. The van der Waals surface area contributed by atoms with Gasteiger partial charge in [-0.3, -0.25) is 5.10 Å². The molecule has 1 N–H and O–H groups in total. The van der Waals surface area contributed by atoms with Gasteiger partial charge < -0.3 is 0 Å². The molecule has 0 radical (unpaired) electrons. The lowest BCUT2D eigenvalue weighted by molar-refractivity contribution is 0.628. The highest BCUT2D eigenvalue weighted by Gasteiger charge is 2.01. The van der Waals surface area contributed by atoms with Gasteiger partial charge >= 0.3 is 0 Å². The summed E-state index contributed by atoms with van der Waals surface area (Å²) < 4.78 is 13.4. The number of benzene rings is 1. The smallest absolute Gasteiger partial charge is 0.123 e. The lowest BCUT2D eigenvalue weighted by Crippen LogP contribution is -1.78. The van der Waals surface area contributed by atoms with E-state index in [0.717, 1.165) is 15.9 Å². The van der Waals surface area contributed by atoms with Gasteiger partial charge in [-0.2, -0.15) is 5.10 Å². The Morgan fingerprint density at radius 2 is 1.92 bits per heavy atom. The number of nitrogens with zero attached hydrogens (tertiary/aromatic N) is 1. The summed E-state index contributed by atoms with van der Waals surface area (Å²) in [6, 6.07) is 8.05. The number of nitrogens with one attached hydrogen (secondary N) is 1. The fourth-order valence-electron chi connectivity index (χ4n) is 1.07. The SMILES string of the molecule is Fc1ccc(-c2cc(Br)[nH]n2)cc1. The van der Waals surface area contributed by atoms with Gasteiger partial charge in [-0.25, -0.2) is 4.39 Å². The van der Waals surface area contributed by atoms with Crippen LogP contribution < -0.4 is 0 Å². The van der Waals surface area contributed by atoms with Crippen LogP contribution in [0.25, 0.3) is 11.3 Å². The third-order valence-corrected chi connectivity index (χ3v) is 2.09. The van der Waals surface area contributed by atoms with Crippen LogP contribution in [0, 0.1) is 5.82 Å². The van der Waals surface area contributed by atoms with Crippen LogP contribution in [-0.2, 0) is 0 Å². The van der Waals surface area contributed by atoms with E-state index in [0.29, 0.717) is 0 Å². The molecule has 0 saturated carbocycles. The molecule has 0 aliphatic carbocycles. The van der Waals surface area contributed by atoms with Gasteiger partial charge in [0, 0.05) is 5.56 Å². The Labute approximate surface area is 82.9 Å². The summed E-state index contributed by atoms with van der Waals surface area (Å²) in [7, 11) is 0. The maximum Gasteiger partial charge on any atom is 0.123 e. The summed E-state index contributed by atoms with van der Waals surface area (Å²) in [6.07, 6.45) is 0. The lowest BCUT2D eigenvalue weighted by Gasteiger charge is -1.93. The van der Waals surface area contributed by atoms with E-state index in [1.54, 1.807) is 12.1 Å². The van der Waals surface area contributed by atoms with Crippen LogP contribution in [0.3, 0.4) is 0 Å². The van der Waals surface area contributed by atoms with Crippen LogP contribution in [0.4, 0.5) is 4.39 Å². The first-order chi connectivity index (χ1) is 6.25. The summed E-state index contributed by atoms with van der Waals surface area (Å²) in [5.41, 5.74) is 1.69. The molecule has 0 aliphatic heterocycles. The normalized spacial score (nSPS) is 10.3. The monoisotopic (exact) mass is 240 g/mol. The van der Waals surface area contributed by atoms with Crippen molar-refractivity contribution in [1.82, 2.24) is 10.2 Å². The number of hydrogen-bond acceptors (Lipinski definition) is 1. The Hall–Kier alpha value is -1.16. The van der Waals surface area contributed by atoms with E-state index in [-0.39, 0.29) is 5.82 Å². The molecule has 0 fully saturated rings. The third-order valence-electron chi connectivity index (χ3n) is 1.69. The zero-order valence-corrected chi connectivity index (χ0v) is 8.18. The molecular formula is C9H6BrFN2. The minimum Gasteiger partial charge on any atom is -0.271 e. The average molecular weight is 241 g/mol. The maximum absolute atomic E-state index is 12.6. The molecule has 0 unspecified atom stereocenters. The molecule has 0 saturated heterocycles. The molecular weight excluding hydrogens is 235 g/mol. The van der Waals surface area contributed by atoms with Gasteiger partial charge in [0.1, 0.15) is 10.4 Å². The molecule has 13 heavy (non-hydrogen) atoms. The number of H-pyrrole nitrogens is 1. The van der Waals surface area contributed by atoms with E-state index in [1.807, 2.05) is 6.07 Å². The predicted molar refractivity (Wildman–Crippen MR) is 51.7 cm³/mol. The van der Waals surface area contributed by atoms with E-state index in [4.69, 9.17) is 0 Å². The number of aromatic nitrogens is 2. The average Bonchev–Trinajstić information content (AvgIpc) is 2.53. The Balaban J connectivity index is 2.41. The zero-order chi connectivity index (χ0) is 9.26. The van der Waals surface area contributed by atoms with Crippen LogP contribution in [0.5, 0.6) is 0 Å². The topological polar surface area (TPSA) is 28.7 Å². The van der Waals surface area contributed by atoms with Crippen molar-refractivity contribution in [3.63, 3.8) is 0 Å². The van der Waals surface area contributed by atoms with Crippen molar-refractivity contribution >= 4 is 15.9 Å². The molecule has 0 amide bonds. The molecule has 0 atom stereocenters. The minimum absolute atomic E-state index is 0.238. The van der Waals surface area contributed by atoms with Crippen LogP contribution in [0.15, 0.2) is 34.9 Å². The maximum atomic E-state index is 12.6. The zero-order valence-electron chi connectivity index (χ0n) is 6.59. The summed E-state index contributed by atoms with van der Waals surface area (Å²) >= 11 is 3.25. The van der Waals surface area contributed by atoms with E-state index < -0.39 is 0 Å². The van der Waals surface area contributed by atoms with Crippen LogP contribution in [0.1, 0.15) is 0 Å². The molecule has 2 nitrogen and oxygen atoms in total. The summed E-state index contributed by atoms with van der Waals surface area (Å²) in [6.45, 7) is 0. The van der Waals surface area contributed by atoms with Crippen molar-refractivity contribution in [2.24, 2.45) is 0 Å². The molecule has 0 aliphatic rings. The molecule has 1 aromatic heterocycles. The molecule has 1 aromatic carbocycles. The van der Waals surface area contributed by atoms with Crippen molar-refractivity contribution in [2.75, 3.05) is 0 Å². The van der Waals surface area contributed by atoms with E-state index >= 15 is 0 Å². The minimum atomic E-state index is -0.238. The first-order valence-electron chi connectivity index (χ1n) is 3.72. The highest BCUT2D eigenvalue weighted by molar-refractivity contribution is 9.10. The number of hydrogen-bond donors (Lipinski definition) is 1. The molecule has 0 bridgehead atoms. The van der Waals surface area contributed by atoms with Crippen LogP contribution >= 0.6 is 15.9 Å². The van der Waals surface area contributed by atoms with Gasteiger partial charge in [0.25, 0.3) is 0 Å². The third kappa shape index (κ3) is 1.78. The molecule has 1 heterocycles. The Morgan fingerprint density at radius 3 is 2.46 bits per heavy atom. The van der Waals surface area contributed by atoms with E-state index in [1.165, 1.54) is 12.1 Å². The van der Waals surface area contributed by atoms with Crippen LogP contribution in [0.2, 0.25) is 0 Å². The standard InChI is InChI=1S/C9H6BrFN2/c10-9-5-8(12-13-9)6-1-3-7(11)4-2-6/h1-5H,(H,12,13). The molecule has 2 rings (SSSR count). The molecule has 66 valence electrons. The predicted octanol–water partition coefficient (Wildman–Crippen LogP) is 2.98. The summed E-state index contributed by atoms with van der Waals surface area (Å²) in [5.74, 6) is -0.238. The van der Waals surface area contributed by atoms with E-state index in [9.17, 15) is 4.39 Å². The van der Waals surface area contributed by atoms with Gasteiger partial charge in [-0.05, 0) is 46.3 Å². The second kappa shape index (κ2) is 3.30. The molecule has 4 heteroatoms.